The van der Waals surface area contributed by atoms with Gasteiger partial charge in [-0.05, 0) is 16.9 Å². The maximum atomic E-state index is 12.4. The van der Waals surface area contributed by atoms with Gasteiger partial charge in [-0.2, -0.15) is 0 Å². The maximum Gasteiger partial charge on any atom is 0.408 e. The van der Waals surface area contributed by atoms with Crippen LogP contribution >= 0.6 is 0 Å². The number of nitrogens with one attached hydrogen (secondary N) is 1. The Bertz CT molecular complexity index is 993. The van der Waals surface area contributed by atoms with Gasteiger partial charge >= 0.3 is 23.9 Å². The summed E-state index contributed by atoms with van der Waals surface area (Å²) in [5.74, 6) is -2.48. The molecule has 10 heteroatoms. The Morgan fingerprint density at radius 3 is 2.60 bits per heavy atom. The Kier molecular flexibility index (Phi) is 5.31. The number of nitrogens with zero attached hydrogens (tertiary/aromatic N) is 1. The predicted octanol–water partition coefficient (Wildman–Crippen LogP) is 1.43. The summed E-state index contributed by atoms with van der Waals surface area (Å²) in [4.78, 5) is 58.3. The lowest BCUT2D eigenvalue weighted by molar-refractivity contribution is -0.306. The second kappa shape index (κ2) is 8.21. The molecule has 30 heavy (non-hydrogen) atoms. The van der Waals surface area contributed by atoms with Crippen LogP contribution in [0.2, 0.25) is 0 Å². The molecule has 2 aliphatic rings. The van der Waals surface area contributed by atoms with Gasteiger partial charge in [0.25, 0.3) is 0 Å². The average molecular weight is 412 g/mol. The largest absolute Gasteiger partial charge is 0.445 e. The van der Waals surface area contributed by atoms with Crippen LogP contribution in [0.25, 0.3) is 0 Å². The van der Waals surface area contributed by atoms with E-state index in [4.69, 9.17) is 19.1 Å². The van der Waals surface area contributed by atoms with Gasteiger partial charge in [0, 0.05) is 5.56 Å². The third kappa shape index (κ3) is 3.94. The molecule has 4 rings (SSSR count). The number of alkyl carbamates (subject to hydrolysis) is 1. The molecule has 2 atom stereocenters. The van der Waals surface area contributed by atoms with Gasteiger partial charge in [-0.15, -0.1) is 0 Å². The highest BCUT2D eigenvalue weighted by Crippen LogP contribution is 2.31. The third-order valence-corrected chi connectivity index (χ3v) is 4.42. The second-order valence-electron chi connectivity index (χ2n) is 6.43. The number of cyclic esters (lactones) is 1. The van der Waals surface area contributed by atoms with Crippen LogP contribution in [0.1, 0.15) is 27.6 Å². The van der Waals surface area contributed by atoms with Crippen molar-refractivity contribution >= 4 is 23.9 Å². The van der Waals surface area contributed by atoms with Crippen molar-refractivity contribution in [3.8, 4) is 0 Å². The summed E-state index contributed by atoms with van der Waals surface area (Å²) in [5.41, 5.74) is 1.36. The van der Waals surface area contributed by atoms with E-state index < -0.39 is 36.1 Å². The highest BCUT2D eigenvalue weighted by molar-refractivity contribution is 5.99. The minimum absolute atomic E-state index is 0.0274. The lowest BCUT2D eigenvalue weighted by atomic mass is 10.1. The third-order valence-electron chi connectivity index (χ3n) is 4.42. The monoisotopic (exact) mass is 412 g/mol. The lowest BCUT2D eigenvalue weighted by Crippen LogP contribution is -2.43. The molecule has 2 aromatic rings. The highest BCUT2D eigenvalue weighted by Gasteiger charge is 2.42. The smallest absolute Gasteiger partial charge is 0.408 e. The van der Waals surface area contributed by atoms with Crippen LogP contribution in [-0.2, 0) is 35.3 Å². The Labute approximate surface area is 170 Å². The zero-order chi connectivity index (χ0) is 21.1. The fourth-order valence-corrected chi connectivity index (χ4v) is 2.94. The number of amides is 2. The summed E-state index contributed by atoms with van der Waals surface area (Å²) in [6, 6.07) is 14.2. The second-order valence-corrected chi connectivity index (χ2v) is 6.43. The van der Waals surface area contributed by atoms with E-state index in [2.05, 4.69) is 5.32 Å². The first-order valence-corrected chi connectivity index (χ1v) is 8.99. The van der Waals surface area contributed by atoms with Gasteiger partial charge in [0.05, 0.1) is 5.56 Å². The Hall–Kier alpha value is -3.92. The zero-order valence-corrected chi connectivity index (χ0v) is 15.5. The fraction of sp³-hybridized carbons (Fsp3) is 0.200. The molecular weight excluding hydrogens is 396 g/mol. The first kappa shape index (κ1) is 19.4. The van der Waals surface area contributed by atoms with Gasteiger partial charge in [0.15, 0.2) is 0 Å². The highest BCUT2D eigenvalue weighted by atomic mass is 17.0. The minimum atomic E-state index is -1.31. The normalized spacial score (nSPS) is 19.8. The minimum Gasteiger partial charge on any atom is -0.445 e. The molecule has 1 N–H and O–H groups in total. The number of fused-ring (bicyclic) bond motifs is 1. The van der Waals surface area contributed by atoms with Crippen LogP contribution in [0.5, 0.6) is 0 Å². The molecule has 154 valence electrons. The molecule has 0 saturated carbocycles. The van der Waals surface area contributed by atoms with Crippen molar-refractivity contribution < 1.29 is 38.3 Å². The van der Waals surface area contributed by atoms with Crippen LogP contribution in [0, 0.1) is 0 Å². The molecule has 0 spiro atoms. The topological polar surface area (TPSA) is 120 Å². The fourth-order valence-electron chi connectivity index (χ4n) is 2.94. The van der Waals surface area contributed by atoms with Crippen molar-refractivity contribution in [2.45, 2.75) is 18.8 Å². The van der Waals surface area contributed by atoms with Crippen LogP contribution in [-0.4, -0.2) is 41.8 Å². The van der Waals surface area contributed by atoms with Crippen molar-refractivity contribution in [3.63, 3.8) is 0 Å². The summed E-state index contributed by atoms with van der Waals surface area (Å²) < 4.78 is 10.1. The number of rotatable bonds is 5. The predicted molar refractivity (Wildman–Crippen MR) is 97.0 cm³/mol. The van der Waals surface area contributed by atoms with Gasteiger partial charge in [-0.3, -0.25) is 4.79 Å². The molecule has 1 unspecified atom stereocenters. The number of esters is 1. The summed E-state index contributed by atoms with van der Waals surface area (Å²) in [6.45, 7) is -0.229. The quantitative estimate of drug-likeness (QED) is 0.732. The first-order valence-electron chi connectivity index (χ1n) is 8.99. The van der Waals surface area contributed by atoms with Crippen molar-refractivity contribution in [1.29, 1.82) is 0 Å². The van der Waals surface area contributed by atoms with Crippen LogP contribution in [0.3, 0.4) is 0 Å². The molecular formula is C20H16N2O8. The molecule has 2 aliphatic heterocycles. The molecule has 2 amide bonds. The maximum absolute atomic E-state index is 12.4. The molecule has 1 saturated heterocycles. The van der Waals surface area contributed by atoms with Gasteiger partial charge in [0.2, 0.25) is 6.10 Å². The molecule has 0 bridgehead atoms. The van der Waals surface area contributed by atoms with Crippen LogP contribution in [0.15, 0.2) is 54.6 Å². The van der Waals surface area contributed by atoms with Gasteiger partial charge in [0.1, 0.15) is 19.3 Å². The number of carbonyl (C=O) groups is 4. The number of hydroxylamine groups is 2. The number of hydrogen-bond acceptors (Lipinski definition) is 8. The van der Waals surface area contributed by atoms with Crippen LogP contribution in [0.4, 0.5) is 4.79 Å². The summed E-state index contributed by atoms with van der Waals surface area (Å²) in [7, 11) is 0. The zero-order valence-electron chi connectivity index (χ0n) is 15.5. The van der Waals surface area contributed by atoms with Crippen LogP contribution < -0.4 is 5.32 Å². The molecule has 0 aliphatic carbocycles. The number of benzene rings is 2. The van der Waals surface area contributed by atoms with E-state index in [0.29, 0.717) is 10.8 Å². The van der Waals surface area contributed by atoms with E-state index >= 15 is 0 Å². The number of ether oxygens (including phenoxy) is 2. The van der Waals surface area contributed by atoms with Crippen molar-refractivity contribution in [3.05, 3.63) is 71.3 Å². The number of carbonyl (C=O) groups excluding carboxylic acids is 4. The van der Waals surface area contributed by atoms with Gasteiger partial charge in [-0.1, -0.05) is 48.5 Å². The van der Waals surface area contributed by atoms with Gasteiger partial charge < -0.3 is 19.6 Å². The molecule has 0 aromatic heterocycles. The lowest BCUT2D eigenvalue weighted by Gasteiger charge is -2.16. The van der Waals surface area contributed by atoms with Crippen molar-refractivity contribution in [1.82, 2.24) is 10.5 Å². The van der Waals surface area contributed by atoms with E-state index in [1.165, 1.54) is 6.07 Å². The van der Waals surface area contributed by atoms with E-state index in [-0.39, 0.29) is 18.8 Å². The number of hydrogen-bond donors (Lipinski definition) is 1. The van der Waals surface area contributed by atoms with E-state index in [9.17, 15) is 19.2 Å². The standard InChI is InChI=1S/C20H16N2O8/c23-17-15(21-20(26)27-10-12-6-2-1-3-7-12)11-28-22(17)30-19(25)16-13-8-4-5-9-14(13)18(24)29-16/h1-9,15-16H,10-11H2,(H,21,26)/t15-,16?/m0/s1. The molecule has 2 aromatic carbocycles. The van der Waals surface area contributed by atoms with E-state index in [1.54, 1.807) is 42.5 Å². The Balaban J connectivity index is 1.30. The van der Waals surface area contributed by atoms with E-state index in [0.717, 1.165) is 5.56 Å². The molecule has 2 heterocycles. The first-order chi connectivity index (χ1) is 14.5. The Morgan fingerprint density at radius 1 is 1.07 bits per heavy atom. The van der Waals surface area contributed by atoms with Crippen molar-refractivity contribution in [2.24, 2.45) is 0 Å². The average Bonchev–Trinajstić information content (AvgIpc) is 3.28. The molecule has 1 fully saturated rings. The molecule has 0 radical (unpaired) electrons. The summed E-state index contributed by atoms with van der Waals surface area (Å²) in [5, 5.41) is 2.70. The van der Waals surface area contributed by atoms with E-state index in [1.807, 2.05) is 6.07 Å². The van der Waals surface area contributed by atoms with Gasteiger partial charge in [-0.25, -0.2) is 19.2 Å². The summed E-state index contributed by atoms with van der Waals surface area (Å²) >= 11 is 0. The van der Waals surface area contributed by atoms with Crippen molar-refractivity contribution in [2.75, 3.05) is 6.61 Å². The Morgan fingerprint density at radius 2 is 1.80 bits per heavy atom. The molecule has 10 nitrogen and oxygen atoms in total. The SMILES string of the molecule is O=C(N[C@H]1CON(OC(=O)C2OC(=O)c3ccccc32)C1=O)OCc1ccccc1. The summed E-state index contributed by atoms with van der Waals surface area (Å²) in [6.07, 6.45) is -2.14.